The van der Waals surface area contributed by atoms with Gasteiger partial charge in [0.15, 0.2) is 0 Å². The van der Waals surface area contributed by atoms with Gasteiger partial charge in [-0.3, -0.25) is 4.90 Å². The zero-order chi connectivity index (χ0) is 17.5. The first-order chi connectivity index (χ1) is 12.2. The Morgan fingerprint density at radius 1 is 1.20 bits per heavy atom. The van der Waals surface area contributed by atoms with E-state index in [2.05, 4.69) is 46.3 Å². The lowest BCUT2D eigenvalue weighted by molar-refractivity contribution is 0.231. The Bertz CT molecular complexity index is 674. The number of nitrogens with zero attached hydrogens (tertiary/aromatic N) is 4. The summed E-state index contributed by atoms with van der Waals surface area (Å²) in [6.07, 6.45) is 3.54. The van der Waals surface area contributed by atoms with Gasteiger partial charge >= 0.3 is 6.03 Å². The van der Waals surface area contributed by atoms with Crippen LogP contribution in [0.2, 0.25) is 0 Å². The van der Waals surface area contributed by atoms with Crippen LogP contribution in [-0.2, 0) is 6.54 Å². The van der Waals surface area contributed by atoms with Gasteiger partial charge < -0.3 is 15.5 Å². The van der Waals surface area contributed by atoms with Gasteiger partial charge in [-0.2, -0.15) is 0 Å². The Morgan fingerprint density at radius 3 is 2.64 bits per heavy atom. The van der Waals surface area contributed by atoms with E-state index in [1.807, 2.05) is 17.5 Å². The number of nitrogens with one attached hydrogen (secondary N) is 2. The molecule has 7 nitrogen and oxygen atoms in total. The van der Waals surface area contributed by atoms with E-state index in [1.165, 1.54) is 0 Å². The smallest absolute Gasteiger partial charge is 0.315 e. The van der Waals surface area contributed by atoms with E-state index < -0.39 is 0 Å². The number of piperazine rings is 1. The zero-order valence-electron chi connectivity index (χ0n) is 13.8. The minimum atomic E-state index is -0.124. The van der Waals surface area contributed by atoms with Gasteiger partial charge in [0.25, 0.3) is 0 Å². The number of hydrogen-bond donors (Lipinski definition) is 2. The number of rotatable bonds is 6. The maximum absolute atomic E-state index is 11.8. The van der Waals surface area contributed by atoms with Crippen LogP contribution in [0.3, 0.4) is 0 Å². The lowest BCUT2D eigenvalue weighted by atomic mass is 10.3. The van der Waals surface area contributed by atoms with E-state index in [4.69, 9.17) is 0 Å². The van der Waals surface area contributed by atoms with Gasteiger partial charge in [-0.15, -0.1) is 11.3 Å². The molecule has 0 atom stereocenters. The molecule has 2 N–H and O–H groups in total. The number of thiophene rings is 1. The third-order valence-corrected chi connectivity index (χ3v) is 5.66. The first kappa shape index (κ1) is 18.1. The topological polar surface area (TPSA) is 73.4 Å². The van der Waals surface area contributed by atoms with Gasteiger partial charge in [-0.05, 0) is 28.1 Å². The first-order valence-corrected chi connectivity index (χ1v) is 9.87. The number of halogens is 1. The van der Waals surface area contributed by atoms with Crippen molar-refractivity contribution < 1.29 is 4.79 Å². The van der Waals surface area contributed by atoms with E-state index in [9.17, 15) is 4.79 Å². The number of anilines is 1. The Kier molecular flexibility index (Phi) is 6.60. The van der Waals surface area contributed by atoms with Gasteiger partial charge in [0.1, 0.15) is 0 Å². The van der Waals surface area contributed by atoms with Crippen molar-refractivity contribution in [3.63, 3.8) is 0 Å². The molecule has 0 aliphatic carbocycles. The third kappa shape index (κ3) is 5.65. The van der Waals surface area contributed by atoms with Gasteiger partial charge in [0.05, 0.1) is 6.54 Å². The molecule has 0 saturated carbocycles. The highest BCUT2D eigenvalue weighted by Gasteiger charge is 2.18. The van der Waals surface area contributed by atoms with Crippen molar-refractivity contribution in [2.24, 2.45) is 0 Å². The third-order valence-electron chi connectivity index (χ3n) is 3.97. The van der Waals surface area contributed by atoms with Crippen molar-refractivity contribution in [2.75, 3.05) is 44.2 Å². The van der Waals surface area contributed by atoms with Crippen LogP contribution in [0.1, 0.15) is 4.88 Å². The van der Waals surface area contributed by atoms with Crippen molar-refractivity contribution in [1.29, 1.82) is 0 Å². The number of carbonyl (C=O) groups excluding carboxylic acids is 1. The van der Waals surface area contributed by atoms with Crippen LogP contribution >= 0.6 is 27.3 Å². The van der Waals surface area contributed by atoms with Crippen LogP contribution < -0.4 is 15.5 Å². The van der Waals surface area contributed by atoms with Crippen LogP contribution in [0.15, 0.2) is 34.4 Å². The molecule has 0 spiro atoms. The summed E-state index contributed by atoms with van der Waals surface area (Å²) in [6.45, 7) is 5.75. The minimum Gasteiger partial charge on any atom is -0.338 e. The van der Waals surface area contributed by atoms with Crippen LogP contribution in [0, 0.1) is 0 Å². The Morgan fingerprint density at radius 2 is 1.96 bits per heavy atom. The summed E-state index contributed by atoms with van der Waals surface area (Å²) in [4.78, 5) is 26.1. The van der Waals surface area contributed by atoms with Crippen LogP contribution in [0.25, 0.3) is 0 Å². The highest BCUT2D eigenvalue weighted by molar-refractivity contribution is 9.10. The number of carbonyl (C=O) groups is 1. The second-order valence-electron chi connectivity index (χ2n) is 5.72. The van der Waals surface area contributed by atoms with E-state index in [0.717, 1.165) is 48.0 Å². The van der Waals surface area contributed by atoms with Crippen molar-refractivity contribution in [2.45, 2.75) is 6.54 Å². The molecule has 9 heteroatoms. The zero-order valence-corrected chi connectivity index (χ0v) is 16.2. The summed E-state index contributed by atoms with van der Waals surface area (Å²) in [5.41, 5.74) is 0. The Labute approximate surface area is 159 Å². The van der Waals surface area contributed by atoms with E-state index in [-0.39, 0.29) is 6.03 Å². The second-order valence-corrected chi connectivity index (χ2v) is 7.63. The van der Waals surface area contributed by atoms with Gasteiger partial charge in [0.2, 0.25) is 5.95 Å². The molecule has 3 rings (SSSR count). The lowest BCUT2D eigenvalue weighted by Gasteiger charge is -2.34. The molecule has 0 radical (unpaired) electrons. The molecule has 3 heterocycles. The van der Waals surface area contributed by atoms with E-state index in [1.54, 1.807) is 23.7 Å². The number of aromatic nitrogens is 2. The van der Waals surface area contributed by atoms with Crippen LogP contribution in [-0.4, -0.2) is 60.2 Å². The monoisotopic (exact) mass is 424 g/mol. The van der Waals surface area contributed by atoms with E-state index >= 15 is 0 Å². The molecule has 1 aliphatic heterocycles. The molecule has 1 aliphatic rings. The molecule has 0 unspecified atom stereocenters. The van der Waals surface area contributed by atoms with Crippen molar-refractivity contribution >= 4 is 39.2 Å². The largest absolute Gasteiger partial charge is 0.338 e. The molecular formula is C16H21BrN6OS. The van der Waals surface area contributed by atoms with Gasteiger partial charge in [-0.1, -0.05) is 0 Å². The quantitative estimate of drug-likeness (QED) is 0.740. The van der Waals surface area contributed by atoms with Crippen molar-refractivity contribution in [3.05, 3.63) is 39.3 Å². The number of urea groups is 1. The second kappa shape index (κ2) is 9.12. The molecular weight excluding hydrogens is 404 g/mol. The molecule has 25 heavy (non-hydrogen) atoms. The fraction of sp³-hybridized carbons (Fsp3) is 0.438. The lowest BCUT2D eigenvalue weighted by Crippen LogP contribution is -2.49. The van der Waals surface area contributed by atoms with E-state index in [0.29, 0.717) is 13.1 Å². The summed E-state index contributed by atoms with van der Waals surface area (Å²) < 4.78 is 1.05. The van der Waals surface area contributed by atoms with Crippen LogP contribution in [0.4, 0.5) is 10.7 Å². The minimum absolute atomic E-state index is 0.124. The van der Waals surface area contributed by atoms with Gasteiger partial charge in [0, 0.05) is 66.4 Å². The molecule has 2 aromatic rings. The summed E-state index contributed by atoms with van der Waals surface area (Å²) in [5.74, 6) is 0.792. The van der Waals surface area contributed by atoms with Crippen LogP contribution in [0.5, 0.6) is 0 Å². The predicted octanol–water partition coefficient (Wildman–Crippen LogP) is 1.92. The SMILES string of the molecule is O=C(NCCN1CCN(c2ncccn2)CC1)NCc1cc(Br)cs1. The highest BCUT2D eigenvalue weighted by atomic mass is 79.9. The number of amides is 2. The highest BCUT2D eigenvalue weighted by Crippen LogP contribution is 2.19. The van der Waals surface area contributed by atoms with Crippen molar-refractivity contribution in [1.82, 2.24) is 25.5 Å². The molecule has 134 valence electrons. The normalized spacial score (nSPS) is 15.2. The average molecular weight is 425 g/mol. The molecule has 0 bridgehead atoms. The molecule has 2 aromatic heterocycles. The molecule has 1 saturated heterocycles. The summed E-state index contributed by atoms with van der Waals surface area (Å²) in [6, 6.07) is 3.72. The summed E-state index contributed by atoms with van der Waals surface area (Å²) in [5, 5.41) is 7.80. The molecule has 1 fully saturated rings. The standard InChI is InChI=1S/C16H21BrN6OS/c17-13-10-14(25-12-13)11-21-16(24)20-4-5-22-6-8-23(9-7-22)15-18-2-1-3-19-15/h1-3,10,12H,4-9,11H2,(H2,20,21,24). The van der Waals surface area contributed by atoms with Gasteiger partial charge in [-0.25, -0.2) is 14.8 Å². The van der Waals surface area contributed by atoms with Crippen molar-refractivity contribution in [3.8, 4) is 0 Å². The molecule has 2 amide bonds. The first-order valence-electron chi connectivity index (χ1n) is 8.19. The average Bonchev–Trinajstić information content (AvgIpc) is 3.07. The maximum atomic E-state index is 11.8. The Balaban J connectivity index is 1.30. The Hall–Kier alpha value is -1.71. The number of hydrogen-bond acceptors (Lipinski definition) is 6. The molecule has 0 aromatic carbocycles. The summed E-state index contributed by atoms with van der Waals surface area (Å²) >= 11 is 5.03. The fourth-order valence-electron chi connectivity index (χ4n) is 2.63. The fourth-order valence-corrected chi connectivity index (χ4v) is 4.02. The maximum Gasteiger partial charge on any atom is 0.315 e. The predicted molar refractivity (Wildman–Crippen MR) is 103 cm³/mol. The summed E-state index contributed by atoms with van der Waals surface area (Å²) in [7, 11) is 0.